The summed E-state index contributed by atoms with van der Waals surface area (Å²) in [4.78, 5) is 23.7. The quantitative estimate of drug-likeness (QED) is 0.910. The van der Waals surface area contributed by atoms with Crippen molar-refractivity contribution in [3.05, 3.63) is 64.3 Å². The molecule has 6 heteroatoms. The number of anilines is 1. The van der Waals surface area contributed by atoms with Gasteiger partial charge in [-0.2, -0.15) is 0 Å². The Morgan fingerprint density at radius 2 is 2.05 bits per heavy atom. The van der Waals surface area contributed by atoms with Crippen molar-refractivity contribution < 1.29 is 13.9 Å². The van der Waals surface area contributed by atoms with Gasteiger partial charge in [-0.05, 0) is 18.2 Å². The third kappa shape index (κ3) is 3.76. The summed E-state index contributed by atoms with van der Waals surface area (Å²) in [5, 5.41) is 2.46. The molecule has 0 bridgehead atoms. The number of halogens is 1. The van der Waals surface area contributed by atoms with E-state index in [1.54, 1.807) is 30.5 Å². The summed E-state index contributed by atoms with van der Waals surface area (Å²) < 4.78 is 19.6. The van der Waals surface area contributed by atoms with Gasteiger partial charge in [0.1, 0.15) is 18.1 Å². The zero-order valence-electron chi connectivity index (χ0n) is 11.5. The number of benzene rings is 1. The van der Waals surface area contributed by atoms with Crippen LogP contribution in [0.25, 0.3) is 0 Å². The molecule has 1 heterocycles. The number of hydrogen-bond acceptors (Lipinski definition) is 3. The van der Waals surface area contributed by atoms with Crippen molar-refractivity contribution >= 4 is 11.6 Å². The summed E-state index contributed by atoms with van der Waals surface area (Å²) in [5.74, 6) is -0.795. The summed E-state index contributed by atoms with van der Waals surface area (Å²) in [6, 6.07) is 9.34. The molecule has 2 aromatic rings. The number of nitrogens with one attached hydrogen (secondary N) is 1. The fourth-order valence-electron chi connectivity index (χ4n) is 1.88. The Morgan fingerprint density at radius 1 is 1.29 bits per heavy atom. The fourth-order valence-corrected chi connectivity index (χ4v) is 1.88. The van der Waals surface area contributed by atoms with Crippen LogP contribution in [0.2, 0.25) is 0 Å². The Bertz CT molecular complexity index is 697. The van der Waals surface area contributed by atoms with Crippen LogP contribution in [0.3, 0.4) is 0 Å². The van der Waals surface area contributed by atoms with E-state index in [0.29, 0.717) is 5.56 Å². The maximum atomic E-state index is 13.6. The normalized spacial score (nSPS) is 10.4. The van der Waals surface area contributed by atoms with Gasteiger partial charge in [0.25, 0.3) is 5.56 Å². The molecule has 0 saturated heterocycles. The van der Waals surface area contributed by atoms with E-state index in [9.17, 15) is 14.0 Å². The summed E-state index contributed by atoms with van der Waals surface area (Å²) in [7, 11) is 1.39. The second-order valence-corrected chi connectivity index (χ2v) is 4.43. The summed E-state index contributed by atoms with van der Waals surface area (Å²) >= 11 is 0. The predicted molar refractivity (Wildman–Crippen MR) is 76.7 cm³/mol. The van der Waals surface area contributed by atoms with Crippen molar-refractivity contribution in [2.45, 2.75) is 6.54 Å². The number of nitrogens with zero attached hydrogens (tertiary/aromatic N) is 1. The number of amides is 1. The third-order valence-corrected chi connectivity index (χ3v) is 2.87. The number of pyridine rings is 1. The molecule has 0 unspecified atom stereocenters. The molecular weight excluding hydrogens is 275 g/mol. The number of aromatic nitrogens is 1. The van der Waals surface area contributed by atoms with Gasteiger partial charge in [-0.15, -0.1) is 0 Å². The van der Waals surface area contributed by atoms with Crippen LogP contribution in [-0.2, 0) is 16.1 Å². The first-order valence-electron chi connectivity index (χ1n) is 6.33. The largest absolute Gasteiger partial charge is 0.375 e. The molecule has 1 amide bonds. The van der Waals surface area contributed by atoms with Crippen molar-refractivity contribution in [3.63, 3.8) is 0 Å². The van der Waals surface area contributed by atoms with Gasteiger partial charge < -0.3 is 14.6 Å². The molecule has 0 aliphatic rings. The van der Waals surface area contributed by atoms with Crippen LogP contribution in [0, 0.1) is 5.82 Å². The number of methoxy groups -OCH3 is 1. The molecule has 1 N–H and O–H groups in total. The Labute approximate surface area is 121 Å². The Balaban J connectivity index is 2.24. The first-order chi connectivity index (χ1) is 10.1. The molecule has 1 aromatic carbocycles. The molecule has 0 fully saturated rings. The Morgan fingerprint density at radius 3 is 2.76 bits per heavy atom. The smallest absolute Gasteiger partial charge is 0.274 e. The van der Waals surface area contributed by atoms with Crippen LogP contribution >= 0.6 is 0 Å². The van der Waals surface area contributed by atoms with Gasteiger partial charge in [0.15, 0.2) is 0 Å². The third-order valence-electron chi connectivity index (χ3n) is 2.87. The van der Waals surface area contributed by atoms with Gasteiger partial charge in [0.2, 0.25) is 5.91 Å². The molecule has 0 aliphatic carbocycles. The van der Waals surface area contributed by atoms with Gasteiger partial charge in [0.05, 0.1) is 6.54 Å². The van der Waals surface area contributed by atoms with Crippen LogP contribution in [0.5, 0.6) is 0 Å². The minimum Gasteiger partial charge on any atom is -0.375 e. The number of carbonyl (C=O) groups is 1. The van der Waals surface area contributed by atoms with Gasteiger partial charge >= 0.3 is 0 Å². The SMILES string of the molecule is COCC(=O)Nc1cccn(Cc2ccccc2F)c1=O. The van der Waals surface area contributed by atoms with Crippen molar-refractivity contribution in [1.82, 2.24) is 4.57 Å². The van der Waals surface area contributed by atoms with E-state index in [-0.39, 0.29) is 24.7 Å². The lowest BCUT2D eigenvalue weighted by atomic mass is 10.2. The molecular formula is C15H15FN2O3. The van der Waals surface area contributed by atoms with E-state index < -0.39 is 11.5 Å². The molecule has 1 aromatic heterocycles. The molecule has 2 rings (SSSR count). The van der Waals surface area contributed by atoms with E-state index >= 15 is 0 Å². The van der Waals surface area contributed by atoms with Gasteiger partial charge in [-0.25, -0.2) is 4.39 Å². The van der Waals surface area contributed by atoms with E-state index in [1.165, 1.54) is 23.8 Å². The molecule has 110 valence electrons. The minimum absolute atomic E-state index is 0.0967. The highest BCUT2D eigenvalue weighted by Crippen LogP contribution is 2.08. The topological polar surface area (TPSA) is 60.3 Å². The zero-order chi connectivity index (χ0) is 15.2. The van der Waals surface area contributed by atoms with Gasteiger partial charge in [0, 0.05) is 18.9 Å². The van der Waals surface area contributed by atoms with Crippen molar-refractivity contribution in [3.8, 4) is 0 Å². The average molecular weight is 290 g/mol. The average Bonchev–Trinajstić information content (AvgIpc) is 2.46. The monoisotopic (exact) mass is 290 g/mol. The van der Waals surface area contributed by atoms with E-state index in [2.05, 4.69) is 10.1 Å². The molecule has 0 aliphatic heterocycles. The van der Waals surface area contributed by atoms with Gasteiger partial charge in [-0.1, -0.05) is 18.2 Å². The number of rotatable bonds is 5. The van der Waals surface area contributed by atoms with Crippen LogP contribution < -0.4 is 10.9 Å². The Hall–Kier alpha value is -2.47. The molecule has 0 spiro atoms. The van der Waals surface area contributed by atoms with Gasteiger partial charge in [-0.3, -0.25) is 9.59 Å². The lowest BCUT2D eigenvalue weighted by Gasteiger charge is -2.09. The first-order valence-corrected chi connectivity index (χ1v) is 6.33. The predicted octanol–water partition coefficient (Wildman–Crippen LogP) is 1.62. The summed E-state index contributed by atoms with van der Waals surface area (Å²) in [5.41, 5.74) is 0.140. The highest BCUT2D eigenvalue weighted by molar-refractivity contribution is 5.91. The van der Waals surface area contributed by atoms with E-state index in [4.69, 9.17) is 0 Å². The van der Waals surface area contributed by atoms with Crippen molar-refractivity contribution in [2.24, 2.45) is 0 Å². The summed E-state index contributed by atoms with van der Waals surface area (Å²) in [6.45, 7) is -0.0405. The molecule has 0 saturated carbocycles. The molecule has 5 nitrogen and oxygen atoms in total. The highest BCUT2D eigenvalue weighted by atomic mass is 19.1. The molecule has 21 heavy (non-hydrogen) atoms. The van der Waals surface area contributed by atoms with Crippen molar-refractivity contribution in [1.29, 1.82) is 0 Å². The molecule has 0 radical (unpaired) electrons. The zero-order valence-corrected chi connectivity index (χ0v) is 11.5. The lowest BCUT2D eigenvalue weighted by molar-refractivity contribution is -0.119. The summed E-state index contributed by atoms with van der Waals surface area (Å²) in [6.07, 6.45) is 1.54. The second-order valence-electron chi connectivity index (χ2n) is 4.43. The maximum Gasteiger partial charge on any atom is 0.274 e. The standard InChI is InChI=1S/C15H15FN2O3/c1-21-10-14(19)17-13-7-4-8-18(15(13)20)9-11-5-2-3-6-12(11)16/h2-8H,9-10H2,1H3,(H,17,19). The maximum absolute atomic E-state index is 13.6. The van der Waals surface area contributed by atoms with Crippen LogP contribution in [0.1, 0.15) is 5.56 Å². The second kappa shape index (κ2) is 6.81. The lowest BCUT2D eigenvalue weighted by Crippen LogP contribution is -2.27. The molecule has 0 atom stereocenters. The number of carbonyl (C=O) groups excluding carboxylic acids is 1. The Kier molecular flexibility index (Phi) is 4.84. The number of ether oxygens (including phenoxy) is 1. The fraction of sp³-hybridized carbons (Fsp3) is 0.200. The van der Waals surface area contributed by atoms with Crippen molar-refractivity contribution in [2.75, 3.05) is 19.0 Å². The van der Waals surface area contributed by atoms with Crippen LogP contribution in [0.15, 0.2) is 47.4 Å². The minimum atomic E-state index is -0.418. The van der Waals surface area contributed by atoms with E-state index in [0.717, 1.165) is 0 Å². The van der Waals surface area contributed by atoms with E-state index in [1.807, 2.05) is 0 Å². The first kappa shape index (κ1) is 14.9. The highest BCUT2D eigenvalue weighted by Gasteiger charge is 2.09. The van der Waals surface area contributed by atoms with Crippen LogP contribution in [0.4, 0.5) is 10.1 Å². The van der Waals surface area contributed by atoms with Crippen LogP contribution in [-0.4, -0.2) is 24.2 Å². The number of hydrogen-bond donors (Lipinski definition) is 1.